The smallest absolute Gasteiger partial charge is 0.0698 e. The van der Waals surface area contributed by atoms with Gasteiger partial charge in [0.1, 0.15) is 0 Å². The molecule has 45 heavy (non-hydrogen) atoms. The number of nitrogens with zero attached hydrogens (tertiary/aromatic N) is 4. The summed E-state index contributed by atoms with van der Waals surface area (Å²) in [7, 11) is 0. The van der Waals surface area contributed by atoms with Gasteiger partial charge in [-0.05, 0) is 90.4 Å². The third-order valence-corrected chi connectivity index (χ3v) is 9.00. The first-order valence-corrected chi connectivity index (χ1v) is 15.3. The van der Waals surface area contributed by atoms with Crippen LogP contribution in [0.5, 0.6) is 0 Å². The molecular weight excluding hydrogens is 550 g/mol. The third kappa shape index (κ3) is 4.09. The second-order valence-electron chi connectivity index (χ2n) is 11.7. The van der Waals surface area contributed by atoms with Gasteiger partial charge in [-0.3, -0.25) is 9.97 Å². The van der Waals surface area contributed by atoms with Crippen LogP contribution in [0.15, 0.2) is 152 Å². The van der Waals surface area contributed by atoms with Crippen LogP contribution in [0.25, 0.3) is 66.1 Å². The second-order valence-corrected chi connectivity index (χ2v) is 11.7. The third-order valence-electron chi connectivity index (χ3n) is 9.00. The minimum atomic E-state index is 0.147. The van der Waals surface area contributed by atoms with E-state index in [0.29, 0.717) is 0 Å². The standard InChI is InChI=1S/C40H29N5/c1-26-7-5-12-36(43-26)29-8-6-11-31(21-29)45-38-16-14-28(23-33(38)35-25-42-20-18-40(35)45)27-13-15-37-32(22-27)34-24-41-19-17-39(34)44(37)30-9-3-2-4-10-30/h2-25,36,43H,1H3. The maximum absolute atomic E-state index is 4.53. The molecule has 0 aliphatic carbocycles. The molecule has 0 saturated carbocycles. The van der Waals surface area contributed by atoms with Gasteiger partial charge in [0.25, 0.3) is 0 Å². The van der Waals surface area contributed by atoms with E-state index < -0.39 is 0 Å². The number of pyridine rings is 2. The van der Waals surface area contributed by atoms with Crippen LogP contribution in [-0.2, 0) is 0 Å². The number of hydrogen-bond acceptors (Lipinski definition) is 3. The van der Waals surface area contributed by atoms with Gasteiger partial charge in [-0.15, -0.1) is 0 Å². The van der Waals surface area contributed by atoms with E-state index in [1.165, 1.54) is 38.7 Å². The Bertz CT molecular complexity index is 2480. The summed E-state index contributed by atoms with van der Waals surface area (Å²) in [6.07, 6.45) is 14.2. The zero-order valence-electron chi connectivity index (χ0n) is 24.7. The highest BCUT2D eigenvalue weighted by Crippen LogP contribution is 2.38. The molecule has 5 heteroatoms. The number of para-hydroxylation sites is 1. The van der Waals surface area contributed by atoms with Crippen molar-refractivity contribution in [2.45, 2.75) is 13.0 Å². The summed E-state index contributed by atoms with van der Waals surface area (Å²) in [6.45, 7) is 2.11. The monoisotopic (exact) mass is 579 g/mol. The fraction of sp³-hybridized carbons (Fsp3) is 0.0500. The maximum Gasteiger partial charge on any atom is 0.0698 e. The Morgan fingerprint density at radius 2 is 1.18 bits per heavy atom. The van der Waals surface area contributed by atoms with E-state index in [4.69, 9.17) is 0 Å². The summed E-state index contributed by atoms with van der Waals surface area (Å²) in [5.74, 6) is 0. The minimum absolute atomic E-state index is 0.147. The van der Waals surface area contributed by atoms with E-state index in [-0.39, 0.29) is 6.04 Å². The van der Waals surface area contributed by atoms with Gasteiger partial charge in [0.15, 0.2) is 0 Å². The molecule has 1 unspecified atom stereocenters. The Morgan fingerprint density at radius 3 is 1.82 bits per heavy atom. The van der Waals surface area contributed by atoms with Crippen LogP contribution in [0.3, 0.4) is 0 Å². The van der Waals surface area contributed by atoms with Crippen molar-refractivity contribution in [3.05, 3.63) is 157 Å². The van der Waals surface area contributed by atoms with E-state index >= 15 is 0 Å². The highest BCUT2D eigenvalue weighted by atomic mass is 15.0. The average molecular weight is 580 g/mol. The van der Waals surface area contributed by atoms with Crippen molar-refractivity contribution in [3.63, 3.8) is 0 Å². The lowest BCUT2D eigenvalue weighted by atomic mass is 10.0. The van der Waals surface area contributed by atoms with Crippen molar-refractivity contribution >= 4 is 43.6 Å². The lowest BCUT2D eigenvalue weighted by Gasteiger charge is -2.21. The minimum Gasteiger partial charge on any atom is -0.378 e. The van der Waals surface area contributed by atoms with Gasteiger partial charge in [-0.1, -0.05) is 54.6 Å². The van der Waals surface area contributed by atoms with E-state index in [0.717, 1.165) is 38.7 Å². The second kappa shape index (κ2) is 10.1. The molecule has 0 bridgehead atoms. The number of aromatic nitrogens is 4. The Kier molecular flexibility index (Phi) is 5.72. The highest BCUT2D eigenvalue weighted by Gasteiger charge is 2.17. The summed E-state index contributed by atoms with van der Waals surface area (Å²) in [5, 5.41) is 8.25. The summed E-state index contributed by atoms with van der Waals surface area (Å²) in [5.41, 5.74) is 11.6. The van der Waals surface area contributed by atoms with E-state index in [2.05, 4.69) is 153 Å². The summed E-state index contributed by atoms with van der Waals surface area (Å²) < 4.78 is 4.68. The molecule has 4 aromatic heterocycles. The molecule has 1 aliphatic rings. The van der Waals surface area contributed by atoms with Crippen molar-refractivity contribution in [2.75, 3.05) is 0 Å². The van der Waals surface area contributed by atoms with Crippen molar-refractivity contribution in [1.29, 1.82) is 0 Å². The Balaban J connectivity index is 1.20. The molecule has 1 atom stereocenters. The predicted octanol–water partition coefficient (Wildman–Crippen LogP) is 9.44. The van der Waals surface area contributed by atoms with Crippen LogP contribution in [-0.4, -0.2) is 19.1 Å². The van der Waals surface area contributed by atoms with Gasteiger partial charge < -0.3 is 14.5 Å². The van der Waals surface area contributed by atoms with Crippen molar-refractivity contribution in [1.82, 2.24) is 24.4 Å². The first kappa shape index (κ1) is 25.5. The van der Waals surface area contributed by atoms with Crippen LogP contribution in [0.4, 0.5) is 0 Å². The summed E-state index contributed by atoms with van der Waals surface area (Å²) >= 11 is 0. The van der Waals surface area contributed by atoms with E-state index in [1.807, 2.05) is 24.8 Å². The fourth-order valence-corrected chi connectivity index (χ4v) is 6.93. The molecule has 0 amide bonds. The topological polar surface area (TPSA) is 47.7 Å². The molecule has 1 N–H and O–H groups in total. The number of rotatable bonds is 4. The average Bonchev–Trinajstić information content (AvgIpc) is 3.61. The molecule has 9 rings (SSSR count). The van der Waals surface area contributed by atoms with Crippen LogP contribution >= 0.6 is 0 Å². The first-order chi connectivity index (χ1) is 22.2. The number of nitrogens with one attached hydrogen (secondary N) is 1. The first-order valence-electron chi connectivity index (χ1n) is 15.3. The van der Waals surface area contributed by atoms with Gasteiger partial charge in [0.2, 0.25) is 0 Å². The van der Waals surface area contributed by atoms with E-state index in [1.54, 1.807) is 0 Å². The Labute approximate surface area is 260 Å². The molecule has 0 radical (unpaired) electrons. The molecule has 214 valence electrons. The van der Waals surface area contributed by atoms with Crippen LogP contribution in [0, 0.1) is 0 Å². The number of benzene rings is 4. The predicted molar refractivity (Wildman–Crippen MR) is 185 cm³/mol. The number of fused-ring (bicyclic) bond motifs is 6. The molecule has 0 saturated heterocycles. The highest BCUT2D eigenvalue weighted by molar-refractivity contribution is 6.12. The Morgan fingerprint density at radius 1 is 0.578 bits per heavy atom. The number of dihydropyridines is 1. The molecule has 5 heterocycles. The lowest BCUT2D eigenvalue weighted by molar-refractivity contribution is 0.704. The van der Waals surface area contributed by atoms with Crippen LogP contribution in [0.1, 0.15) is 18.5 Å². The molecule has 0 fully saturated rings. The normalized spacial score (nSPS) is 14.8. The molecule has 5 nitrogen and oxygen atoms in total. The summed E-state index contributed by atoms with van der Waals surface area (Å²) in [4.78, 5) is 9.02. The Hall–Kier alpha value is -5.94. The molecule has 8 aromatic rings. The SMILES string of the molecule is CC1=CC=CC(c2cccc(-n3c4ccncc4c4cc(-c5ccc6c(c5)c5cnccc5n6-c5ccccc5)ccc43)c2)N1. The van der Waals surface area contributed by atoms with E-state index in [9.17, 15) is 0 Å². The largest absolute Gasteiger partial charge is 0.378 e. The number of allylic oxidation sites excluding steroid dienone is 3. The molecular formula is C40H29N5. The molecule has 1 aliphatic heterocycles. The zero-order valence-corrected chi connectivity index (χ0v) is 24.7. The van der Waals surface area contributed by atoms with Gasteiger partial charge in [-0.25, -0.2) is 0 Å². The molecule has 4 aromatic carbocycles. The molecule has 0 spiro atoms. The number of hydrogen-bond donors (Lipinski definition) is 1. The zero-order chi connectivity index (χ0) is 29.9. The van der Waals surface area contributed by atoms with Crippen LogP contribution < -0.4 is 5.32 Å². The lowest BCUT2D eigenvalue weighted by Crippen LogP contribution is -2.19. The van der Waals surface area contributed by atoms with Gasteiger partial charge in [0.05, 0.1) is 28.1 Å². The van der Waals surface area contributed by atoms with Crippen LogP contribution in [0.2, 0.25) is 0 Å². The van der Waals surface area contributed by atoms with Crippen molar-refractivity contribution < 1.29 is 0 Å². The maximum atomic E-state index is 4.53. The van der Waals surface area contributed by atoms with Gasteiger partial charge in [0, 0.05) is 63.4 Å². The van der Waals surface area contributed by atoms with Gasteiger partial charge in [-0.2, -0.15) is 0 Å². The van der Waals surface area contributed by atoms with Crippen molar-refractivity contribution in [3.8, 4) is 22.5 Å². The fourth-order valence-electron chi connectivity index (χ4n) is 6.93. The summed E-state index contributed by atoms with van der Waals surface area (Å²) in [6, 6.07) is 37.3. The van der Waals surface area contributed by atoms with Crippen molar-refractivity contribution in [2.24, 2.45) is 0 Å². The quantitative estimate of drug-likeness (QED) is 0.226. The van der Waals surface area contributed by atoms with Gasteiger partial charge >= 0.3 is 0 Å².